The Morgan fingerprint density at radius 2 is 2.06 bits per heavy atom. The van der Waals surface area contributed by atoms with Crippen LogP contribution in [0.15, 0.2) is 0 Å². The predicted octanol–water partition coefficient (Wildman–Crippen LogP) is 1.49. The first-order valence-electron chi connectivity index (χ1n) is 6.70. The van der Waals surface area contributed by atoms with E-state index in [1.54, 1.807) is 0 Å². The standard InChI is InChI=1S/C13H26N2O/c1-15(2)9-3-12-4-10-16-13(11-12)5-7-14-8-6-13/h12,14H,3-11H2,1-2H3. The molecule has 1 N–H and O–H groups in total. The molecule has 2 aliphatic rings. The lowest BCUT2D eigenvalue weighted by Gasteiger charge is -2.44. The van der Waals surface area contributed by atoms with Gasteiger partial charge in [-0.1, -0.05) is 0 Å². The van der Waals surface area contributed by atoms with Gasteiger partial charge in [0.05, 0.1) is 5.60 Å². The molecule has 1 unspecified atom stereocenters. The van der Waals surface area contributed by atoms with Crippen molar-refractivity contribution in [1.29, 1.82) is 0 Å². The summed E-state index contributed by atoms with van der Waals surface area (Å²) in [5, 5.41) is 3.43. The molecule has 0 amide bonds. The maximum Gasteiger partial charge on any atom is 0.0709 e. The summed E-state index contributed by atoms with van der Waals surface area (Å²) in [7, 11) is 4.33. The largest absolute Gasteiger partial charge is 0.375 e. The van der Waals surface area contributed by atoms with Crippen LogP contribution < -0.4 is 5.32 Å². The smallest absolute Gasteiger partial charge is 0.0709 e. The average Bonchev–Trinajstić information content (AvgIpc) is 2.28. The van der Waals surface area contributed by atoms with Crippen LogP contribution in [0.25, 0.3) is 0 Å². The van der Waals surface area contributed by atoms with Gasteiger partial charge in [-0.2, -0.15) is 0 Å². The van der Waals surface area contributed by atoms with Crippen molar-refractivity contribution in [1.82, 2.24) is 10.2 Å². The van der Waals surface area contributed by atoms with Crippen LogP contribution in [0, 0.1) is 5.92 Å². The number of nitrogens with zero attached hydrogens (tertiary/aromatic N) is 1. The van der Waals surface area contributed by atoms with Crippen LogP contribution in [0.1, 0.15) is 32.1 Å². The molecule has 1 atom stereocenters. The Morgan fingerprint density at radius 1 is 1.31 bits per heavy atom. The first kappa shape index (κ1) is 12.3. The molecule has 3 heteroatoms. The Kier molecular flexibility index (Phi) is 4.22. The van der Waals surface area contributed by atoms with Crippen molar-refractivity contribution in [2.75, 3.05) is 40.3 Å². The summed E-state index contributed by atoms with van der Waals surface area (Å²) >= 11 is 0. The highest BCUT2D eigenvalue weighted by atomic mass is 16.5. The molecule has 2 rings (SSSR count). The van der Waals surface area contributed by atoms with E-state index in [4.69, 9.17) is 4.74 Å². The summed E-state index contributed by atoms with van der Waals surface area (Å²) in [5.41, 5.74) is 0.237. The molecule has 0 saturated carbocycles. The number of piperidine rings is 1. The summed E-state index contributed by atoms with van der Waals surface area (Å²) in [6.45, 7) is 4.48. The molecule has 0 aromatic heterocycles. The lowest BCUT2D eigenvalue weighted by atomic mass is 9.79. The second kappa shape index (κ2) is 5.48. The van der Waals surface area contributed by atoms with Gasteiger partial charge in [-0.25, -0.2) is 0 Å². The summed E-state index contributed by atoms with van der Waals surface area (Å²) in [4.78, 5) is 2.30. The van der Waals surface area contributed by atoms with Crippen molar-refractivity contribution >= 4 is 0 Å². The van der Waals surface area contributed by atoms with E-state index in [0.29, 0.717) is 0 Å². The molecular formula is C13H26N2O. The normalized spacial score (nSPS) is 29.8. The molecule has 2 aliphatic heterocycles. The SMILES string of the molecule is CN(C)CCC1CCOC2(CCNCC2)C1. The molecule has 94 valence electrons. The van der Waals surface area contributed by atoms with Crippen molar-refractivity contribution < 1.29 is 4.74 Å². The zero-order valence-electron chi connectivity index (χ0n) is 10.8. The molecule has 0 bridgehead atoms. The van der Waals surface area contributed by atoms with E-state index in [1.165, 1.54) is 38.6 Å². The molecule has 0 aromatic rings. The Labute approximate surface area is 99.5 Å². The third-order valence-corrected chi connectivity index (χ3v) is 4.09. The van der Waals surface area contributed by atoms with Gasteiger partial charge in [0.25, 0.3) is 0 Å². The number of hydrogen-bond acceptors (Lipinski definition) is 3. The zero-order chi connectivity index (χ0) is 11.4. The number of nitrogens with one attached hydrogen (secondary N) is 1. The van der Waals surface area contributed by atoms with Gasteiger partial charge in [0.2, 0.25) is 0 Å². The zero-order valence-corrected chi connectivity index (χ0v) is 10.8. The minimum atomic E-state index is 0.237. The van der Waals surface area contributed by atoms with Crippen molar-refractivity contribution in [3.8, 4) is 0 Å². The average molecular weight is 226 g/mol. The monoisotopic (exact) mass is 226 g/mol. The molecule has 2 saturated heterocycles. The van der Waals surface area contributed by atoms with E-state index in [2.05, 4.69) is 24.3 Å². The fourth-order valence-electron chi connectivity index (χ4n) is 3.05. The molecule has 3 nitrogen and oxygen atoms in total. The van der Waals surface area contributed by atoms with Crippen LogP contribution in [0.5, 0.6) is 0 Å². The van der Waals surface area contributed by atoms with Gasteiger partial charge < -0.3 is 15.0 Å². The Bertz CT molecular complexity index is 206. The molecule has 0 aromatic carbocycles. The fraction of sp³-hybridized carbons (Fsp3) is 1.00. The molecule has 16 heavy (non-hydrogen) atoms. The van der Waals surface area contributed by atoms with Crippen LogP contribution in [-0.4, -0.2) is 50.8 Å². The summed E-state index contributed by atoms with van der Waals surface area (Å²) in [6.07, 6.45) is 6.33. The lowest BCUT2D eigenvalue weighted by Crippen LogP contribution is -2.48. The van der Waals surface area contributed by atoms with Gasteiger partial charge in [0, 0.05) is 6.61 Å². The molecule has 1 spiro atoms. The van der Waals surface area contributed by atoms with Gasteiger partial charge in [-0.05, 0) is 71.8 Å². The maximum atomic E-state index is 6.09. The highest BCUT2D eigenvalue weighted by Gasteiger charge is 2.38. The minimum absolute atomic E-state index is 0.237. The van der Waals surface area contributed by atoms with E-state index in [1.807, 2.05) is 0 Å². The summed E-state index contributed by atoms with van der Waals surface area (Å²) in [6, 6.07) is 0. The molecular weight excluding hydrogens is 200 g/mol. The topological polar surface area (TPSA) is 24.5 Å². The third kappa shape index (κ3) is 3.19. The number of rotatable bonds is 3. The highest BCUT2D eigenvalue weighted by molar-refractivity contribution is 4.91. The van der Waals surface area contributed by atoms with Gasteiger partial charge in [-0.3, -0.25) is 0 Å². The molecule has 2 heterocycles. The molecule has 0 radical (unpaired) electrons. The Hall–Kier alpha value is -0.120. The lowest BCUT2D eigenvalue weighted by molar-refractivity contribution is -0.114. The second-order valence-corrected chi connectivity index (χ2v) is 5.73. The van der Waals surface area contributed by atoms with Gasteiger partial charge >= 0.3 is 0 Å². The third-order valence-electron chi connectivity index (χ3n) is 4.09. The number of ether oxygens (including phenoxy) is 1. The van der Waals surface area contributed by atoms with E-state index in [9.17, 15) is 0 Å². The predicted molar refractivity (Wildman–Crippen MR) is 66.7 cm³/mol. The Morgan fingerprint density at radius 3 is 2.75 bits per heavy atom. The Balaban J connectivity index is 1.83. The van der Waals surface area contributed by atoms with E-state index in [-0.39, 0.29) is 5.60 Å². The van der Waals surface area contributed by atoms with Crippen LogP contribution in [0.4, 0.5) is 0 Å². The van der Waals surface area contributed by atoms with Crippen molar-refractivity contribution in [2.24, 2.45) is 5.92 Å². The van der Waals surface area contributed by atoms with Crippen molar-refractivity contribution in [2.45, 2.75) is 37.7 Å². The quantitative estimate of drug-likeness (QED) is 0.789. The maximum absolute atomic E-state index is 6.09. The highest BCUT2D eigenvalue weighted by Crippen LogP contribution is 2.37. The second-order valence-electron chi connectivity index (χ2n) is 5.73. The van der Waals surface area contributed by atoms with E-state index in [0.717, 1.165) is 25.6 Å². The number of hydrogen-bond donors (Lipinski definition) is 1. The molecule has 0 aliphatic carbocycles. The summed E-state index contributed by atoms with van der Waals surface area (Å²) in [5.74, 6) is 0.884. The van der Waals surface area contributed by atoms with Crippen LogP contribution in [0.3, 0.4) is 0 Å². The first-order valence-corrected chi connectivity index (χ1v) is 6.70. The fourth-order valence-corrected chi connectivity index (χ4v) is 3.05. The van der Waals surface area contributed by atoms with Crippen LogP contribution in [0.2, 0.25) is 0 Å². The van der Waals surface area contributed by atoms with E-state index >= 15 is 0 Å². The van der Waals surface area contributed by atoms with Gasteiger partial charge in [0.15, 0.2) is 0 Å². The van der Waals surface area contributed by atoms with Crippen LogP contribution in [-0.2, 0) is 4.74 Å². The minimum Gasteiger partial charge on any atom is -0.375 e. The van der Waals surface area contributed by atoms with Crippen LogP contribution >= 0.6 is 0 Å². The van der Waals surface area contributed by atoms with Crippen molar-refractivity contribution in [3.05, 3.63) is 0 Å². The molecule has 2 fully saturated rings. The van der Waals surface area contributed by atoms with Gasteiger partial charge in [0.1, 0.15) is 0 Å². The summed E-state index contributed by atoms with van der Waals surface area (Å²) < 4.78 is 6.09. The van der Waals surface area contributed by atoms with E-state index < -0.39 is 0 Å². The van der Waals surface area contributed by atoms with Gasteiger partial charge in [-0.15, -0.1) is 0 Å². The van der Waals surface area contributed by atoms with Crippen molar-refractivity contribution in [3.63, 3.8) is 0 Å². The first-order chi connectivity index (χ1) is 7.70.